The van der Waals surface area contributed by atoms with Gasteiger partial charge in [0.05, 0.1) is 23.8 Å². The standard InChI is InChI=1S/C21H24N6O/c1-25(2)21(28)18-13-22-14-19(23-18)27-11-9-16-17(10-12-27)24-26(3)20(16)15-7-5-4-6-8-15/h4-8,13-14H,9-12H2,1-3H3. The number of hydrogen-bond donors (Lipinski definition) is 0. The van der Waals surface area contributed by atoms with Gasteiger partial charge in [0, 0.05) is 51.8 Å². The number of carbonyl (C=O) groups excluding carboxylic acids is 1. The van der Waals surface area contributed by atoms with Gasteiger partial charge in [-0.25, -0.2) is 4.98 Å². The van der Waals surface area contributed by atoms with Crippen LogP contribution >= 0.6 is 0 Å². The minimum Gasteiger partial charge on any atom is -0.355 e. The van der Waals surface area contributed by atoms with E-state index in [1.165, 1.54) is 27.9 Å². The van der Waals surface area contributed by atoms with Crippen LogP contribution in [-0.2, 0) is 19.9 Å². The highest BCUT2D eigenvalue weighted by molar-refractivity contribution is 5.91. The monoisotopic (exact) mass is 376 g/mol. The van der Waals surface area contributed by atoms with E-state index in [1.54, 1.807) is 20.3 Å². The smallest absolute Gasteiger partial charge is 0.273 e. The summed E-state index contributed by atoms with van der Waals surface area (Å²) >= 11 is 0. The quantitative estimate of drug-likeness (QED) is 0.701. The summed E-state index contributed by atoms with van der Waals surface area (Å²) < 4.78 is 1.99. The van der Waals surface area contributed by atoms with Crippen molar-refractivity contribution < 1.29 is 4.79 Å². The zero-order valence-electron chi connectivity index (χ0n) is 16.5. The molecule has 0 bridgehead atoms. The molecule has 0 fully saturated rings. The van der Waals surface area contributed by atoms with Crippen LogP contribution in [-0.4, -0.2) is 57.7 Å². The van der Waals surface area contributed by atoms with E-state index in [1.807, 2.05) is 17.8 Å². The van der Waals surface area contributed by atoms with Crippen LogP contribution in [0.25, 0.3) is 11.3 Å². The second-order valence-electron chi connectivity index (χ2n) is 7.21. The van der Waals surface area contributed by atoms with Gasteiger partial charge in [0.25, 0.3) is 5.91 Å². The molecule has 1 aliphatic rings. The lowest BCUT2D eigenvalue weighted by Gasteiger charge is -2.22. The van der Waals surface area contributed by atoms with Gasteiger partial charge in [-0.05, 0) is 6.42 Å². The third-order valence-electron chi connectivity index (χ3n) is 5.10. The van der Waals surface area contributed by atoms with Gasteiger partial charge in [-0.1, -0.05) is 30.3 Å². The van der Waals surface area contributed by atoms with Gasteiger partial charge in [-0.15, -0.1) is 0 Å². The Labute approximate surface area is 164 Å². The molecule has 28 heavy (non-hydrogen) atoms. The number of aryl methyl sites for hydroxylation is 1. The van der Waals surface area contributed by atoms with Crippen molar-refractivity contribution in [3.05, 3.63) is 59.7 Å². The Morgan fingerprint density at radius 1 is 1.07 bits per heavy atom. The van der Waals surface area contributed by atoms with Gasteiger partial charge in [0.15, 0.2) is 0 Å². The Morgan fingerprint density at radius 3 is 2.57 bits per heavy atom. The van der Waals surface area contributed by atoms with Crippen LogP contribution in [0.3, 0.4) is 0 Å². The molecule has 4 rings (SSSR count). The number of aromatic nitrogens is 4. The van der Waals surface area contributed by atoms with Crippen molar-refractivity contribution >= 4 is 11.7 Å². The molecular weight excluding hydrogens is 352 g/mol. The maximum atomic E-state index is 12.2. The molecule has 1 amide bonds. The molecular formula is C21H24N6O. The van der Waals surface area contributed by atoms with E-state index >= 15 is 0 Å². The van der Waals surface area contributed by atoms with Crippen molar-refractivity contribution in [3.63, 3.8) is 0 Å². The molecule has 7 heteroatoms. The predicted molar refractivity (Wildman–Crippen MR) is 108 cm³/mol. The molecule has 7 nitrogen and oxygen atoms in total. The third-order valence-corrected chi connectivity index (χ3v) is 5.10. The van der Waals surface area contributed by atoms with Crippen LogP contribution in [0.5, 0.6) is 0 Å². The molecule has 0 saturated carbocycles. The van der Waals surface area contributed by atoms with Crippen molar-refractivity contribution in [1.29, 1.82) is 0 Å². The highest BCUT2D eigenvalue weighted by atomic mass is 16.2. The van der Waals surface area contributed by atoms with Gasteiger partial charge in [-0.2, -0.15) is 5.10 Å². The second-order valence-corrected chi connectivity index (χ2v) is 7.21. The van der Waals surface area contributed by atoms with Crippen molar-refractivity contribution in [2.75, 3.05) is 32.1 Å². The van der Waals surface area contributed by atoms with Crippen LogP contribution in [0.1, 0.15) is 21.7 Å². The van der Waals surface area contributed by atoms with Crippen LogP contribution in [0.2, 0.25) is 0 Å². The molecule has 3 heterocycles. The minimum absolute atomic E-state index is 0.138. The van der Waals surface area contributed by atoms with E-state index in [-0.39, 0.29) is 5.91 Å². The lowest BCUT2D eigenvalue weighted by Crippen LogP contribution is -2.29. The zero-order chi connectivity index (χ0) is 19.7. The summed E-state index contributed by atoms with van der Waals surface area (Å²) in [6, 6.07) is 10.4. The average Bonchev–Trinajstić information content (AvgIpc) is 2.89. The molecule has 0 unspecified atom stereocenters. The Balaban J connectivity index is 1.60. The largest absolute Gasteiger partial charge is 0.355 e. The number of anilines is 1. The molecule has 0 radical (unpaired) electrons. The molecule has 0 atom stereocenters. The summed E-state index contributed by atoms with van der Waals surface area (Å²) in [5.74, 6) is 0.601. The molecule has 1 aliphatic heterocycles. The summed E-state index contributed by atoms with van der Waals surface area (Å²) in [6.07, 6.45) is 4.96. The first kappa shape index (κ1) is 18.2. The SMILES string of the molecule is CN(C)C(=O)c1cncc(N2CCc3nn(C)c(-c4ccccc4)c3CC2)n1. The van der Waals surface area contributed by atoms with Gasteiger partial charge in [-0.3, -0.25) is 14.5 Å². The molecule has 0 aliphatic carbocycles. The Kier molecular flexibility index (Phi) is 4.81. The number of carbonyl (C=O) groups is 1. The van der Waals surface area contributed by atoms with E-state index in [9.17, 15) is 4.79 Å². The summed E-state index contributed by atoms with van der Waals surface area (Å²) in [5, 5.41) is 4.78. The number of benzene rings is 1. The zero-order valence-corrected chi connectivity index (χ0v) is 16.5. The first-order valence-corrected chi connectivity index (χ1v) is 9.43. The van der Waals surface area contributed by atoms with Gasteiger partial charge >= 0.3 is 0 Å². The van der Waals surface area contributed by atoms with Crippen LogP contribution in [0.4, 0.5) is 5.82 Å². The van der Waals surface area contributed by atoms with Gasteiger partial charge in [0.2, 0.25) is 0 Å². The minimum atomic E-state index is -0.138. The highest BCUT2D eigenvalue weighted by Gasteiger charge is 2.23. The Hall–Kier alpha value is -3.22. The number of amides is 1. The normalized spacial score (nSPS) is 13.8. The molecule has 1 aromatic carbocycles. The van der Waals surface area contributed by atoms with Crippen molar-refractivity contribution in [3.8, 4) is 11.3 Å². The first-order valence-electron chi connectivity index (χ1n) is 9.43. The van der Waals surface area contributed by atoms with E-state index in [0.717, 1.165) is 37.4 Å². The lowest BCUT2D eigenvalue weighted by molar-refractivity contribution is 0.0821. The van der Waals surface area contributed by atoms with E-state index in [2.05, 4.69) is 39.1 Å². The lowest BCUT2D eigenvalue weighted by atomic mass is 10.0. The van der Waals surface area contributed by atoms with Crippen LogP contribution < -0.4 is 4.90 Å². The van der Waals surface area contributed by atoms with Crippen molar-refractivity contribution in [2.45, 2.75) is 12.8 Å². The molecule has 0 N–H and O–H groups in total. The summed E-state index contributed by atoms with van der Waals surface area (Å²) in [4.78, 5) is 24.7. The van der Waals surface area contributed by atoms with Crippen LogP contribution in [0.15, 0.2) is 42.7 Å². The van der Waals surface area contributed by atoms with E-state index < -0.39 is 0 Å². The molecule has 2 aromatic heterocycles. The molecule has 0 saturated heterocycles. The van der Waals surface area contributed by atoms with E-state index in [0.29, 0.717) is 5.69 Å². The fourth-order valence-electron chi connectivity index (χ4n) is 3.71. The summed E-state index contributed by atoms with van der Waals surface area (Å²) in [7, 11) is 5.45. The molecule has 0 spiro atoms. The first-order chi connectivity index (χ1) is 13.5. The number of nitrogens with zero attached hydrogens (tertiary/aromatic N) is 6. The number of fused-ring (bicyclic) bond motifs is 1. The van der Waals surface area contributed by atoms with Crippen LogP contribution in [0, 0.1) is 0 Å². The number of rotatable bonds is 3. The second kappa shape index (κ2) is 7.42. The Morgan fingerprint density at radius 2 is 1.82 bits per heavy atom. The molecule has 144 valence electrons. The van der Waals surface area contributed by atoms with Crippen molar-refractivity contribution in [1.82, 2.24) is 24.6 Å². The predicted octanol–water partition coefficient (Wildman–Crippen LogP) is 2.18. The fourth-order valence-corrected chi connectivity index (χ4v) is 3.71. The van der Waals surface area contributed by atoms with Gasteiger partial charge < -0.3 is 9.80 Å². The third kappa shape index (κ3) is 3.35. The fraction of sp³-hybridized carbons (Fsp3) is 0.333. The van der Waals surface area contributed by atoms with Crippen molar-refractivity contribution in [2.24, 2.45) is 7.05 Å². The maximum Gasteiger partial charge on any atom is 0.273 e. The average molecular weight is 376 g/mol. The highest BCUT2D eigenvalue weighted by Crippen LogP contribution is 2.29. The van der Waals surface area contributed by atoms with E-state index in [4.69, 9.17) is 5.10 Å². The Bertz CT molecular complexity index is 995. The maximum absolute atomic E-state index is 12.2. The number of hydrogen-bond acceptors (Lipinski definition) is 5. The summed E-state index contributed by atoms with van der Waals surface area (Å²) in [5.41, 5.74) is 5.17. The summed E-state index contributed by atoms with van der Waals surface area (Å²) in [6.45, 7) is 1.61. The van der Waals surface area contributed by atoms with Gasteiger partial charge in [0.1, 0.15) is 11.5 Å². The topological polar surface area (TPSA) is 67.2 Å². The molecule has 3 aromatic rings.